The van der Waals surface area contributed by atoms with Crippen LogP contribution in [0.3, 0.4) is 0 Å². The second-order valence-corrected chi connectivity index (χ2v) is 9.78. The number of hydrogen-bond acceptors (Lipinski definition) is 1. The second kappa shape index (κ2) is 10.7. The highest BCUT2D eigenvalue weighted by Crippen LogP contribution is 2.44. The summed E-state index contributed by atoms with van der Waals surface area (Å²) in [5, 5.41) is 0. The third-order valence-corrected chi connectivity index (χ3v) is 7.72. The predicted octanol–water partition coefficient (Wildman–Crippen LogP) is 7.06. The Morgan fingerprint density at radius 3 is 1.66 bits per heavy atom. The van der Waals surface area contributed by atoms with Gasteiger partial charge in [0.15, 0.2) is 0 Å². The molecule has 2 unspecified atom stereocenters. The Labute approximate surface area is 174 Å². The van der Waals surface area contributed by atoms with Crippen LogP contribution < -0.4 is 0 Å². The van der Waals surface area contributed by atoms with E-state index >= 15 is 0 Å². The standard InChI is InChI=1S/C22H35F5O.H2O.2H2/c1-14-2-4-15(5-3-14)6-7-16-8-10-17(11-9-16)18-12-19(23)21(20(24)13-18)28-22(25,26)27;;;/h14-21H,2-13H2,1H3;1H2;2*1H. The number of rotatable bonds is 5. The van der Waals surface area contributed by atoms with Crippen LogP contribution in [0.25, 0.3) is 0 Å². The van der Waals surface area contributed by atoms with Crippen molar-refractivity contribution in [1.82, 2.24) is 0 Å². The van der Waals surface area contributed by atoms with Gasteiger partial charge in [-0.25, -0.2) is 8.78 Å². The van der Waals surface area contributed by atoms with Gasteiger partial charge in [0.1, 0.15) is 18.4 Å². The normalized spacial score (nSPS) is 41.6. The van der Waals surface area contributed by atoms with Crippen molar-refractivity contribution in [2.75, 3.05) is 0 Å². The molecule has 3 fully saturated rings. The van der Waals surface area contributed by atoms with Gasteiger partial charge < -0.3 is 5.48 Å². The minimum absolute atomic E-state index is 0. The lowest BCUT2D eigenvalue weighted by molar-refractivity contribution is -0.358. The van der Waals surface area contributed by atoms with Crippen molar-refractivity contribution in [1.29, 1.82) is 0 Å². The van der Waals surface area contributed by atoms with Crippen LogP contribution in [0.15, 0.2) is 0 Å². The molecule has 7 heteroatoms. The molecule has 3 saturated carbocycles. The van der Waals surface area contributed by atoms with E-state index in [1.807, 2.05) is 0 Å². The molecular weight excluding hydrogens is 391 g/mol. The maximum absolute atomic E-state index is 14.2. The zero-order valence-electron chi connectivity index (χ0n) is 17.4. The molecule has 0 spiro atoms. The van der Waals surface area contributed by atoms with Gasteiger partial charge in [0.2, 0.25) is 0 Å². The molecule has 3 aliphatic rings. The molecule has 0 aromatic carbocycles. The summed E-state index contributed by atoms with van der Waals surface area (Å²) < 4.78 is 69.2. The first-order valence-corrected chi connectivity index (χ1v) is 11.2. The third-order valence-electron chi connectivity index (χ3n) is 7.72. The van der Waals surface area contributed by atoms with Gasteiger partial charge >= 0.3 is 6.36 Å². The minimum atomic E-state index is -4.99. The number of hydrogen-bond donors (Lipinski definition) is 0. The van der Waals surface area contributed by atoms with E-state index in [-0.39, 0.29) is 33.0 Å². The SMILES string of the molecule is CC1CCC(CCC2CCC(C3CC(F)C(OC(F)(F)F)C(F)C3)CC2)CC1.O.[HH].[HH]. The summed E-state index contributed by atoms with van der Waals surface area (Å²) in [6.45, 7) is 2.34. The Hall–Kier alpha value is -0.430. The van der Waals surface area contributed by atoms with Crippen molar-refractivity contribution in [3.05, 3.63) is 0 Å². The Morgan fingerprint density at radius 2 is 1.21 bits per heavy atom. The smallest absolute Gasteiger partial charge is 0.412 e. The Kier molecular flexibility index (Phi) is 9.20. The molecule has 0 bridgehead atoms. The molecule has 3 aliphatic carbocycles. The number of ether oxygens (including phenoxy) is 1. The summed E-state index contributed by atoms with van der Waals surface area (Å²) in [5.74, 6) is 2.55. The molecule has 2 N–H and O–H groups in total. The highest BCUT2D eigenvalue weighted by molar-refractivity contribution is 4.92. The van der Waals surface area contributed by atoms with E-state index in [0.29, 0.717) is 5.92 Å². The molecule has 3 rings (SSSR count). The lowest BCUT2D eigenvalue weighted by Gasteiger charge is -2.40. The monoisotopic (exact) mass is 432 g/mol. The first-order chi connectivity index (χ1) is 13.2. The fraction of sp³-hybridized carbons (Fsp3) is 1.00. The first kappa shape index (κ1) is 24.8. The van der Waals surface area contributed by atoms with Gasteiger partial charge in [-0.2, -0.15) is 0 Å². The van der Waals surface area contributed by atoms with Crippen molar-refractivity contribution in [3.63, 3.8) is 0 Å². The fourth-order valence-corrected chi connectivity index (χ4v) is 5.89. The summed E-state index contributed by atoms with van der Waals surface area (Å²) in [6, 6.07) is 0. The molecule has 0 aromatic heterocycles. The van der Waals surface area contributed by atoms with E-state index in [2.05, 4.69) is 11.7 Å². The first-order valence-electron chi connectivity index (χ1n) is 11.2. The molecule has 0 radical (unpaired) electrons. The molecule has 176 valence electrons. The summed E-state index contributed by atoms with van der Waals surface area (Å²) in [5.41, 5.74) is 0. The van der Waals surface area contributed by atoms with Gasteiger partial charge in [-0.15, -0.1) is 13.2 Å². The Balaban J connectivity index is 0.00000300. The average molecular weight is 433 g/mol. The van der Waals surface area contributed by atoms with E-state index in [9.17, 15) is 22.0 Å². The predicted molar refractivity (Wildman–Crippen MR) is 107 cm³/mol. The maximum Gasteiger partial charge on any atom is 0.522 e. The van der Waals surface area contributed by atoms with E-state index in [0.717, 1.165) is 37.5 Å². The van der Waals surface area contributed by atoms with Crippen LogP contribution in [0.5, 0.6) is 0 Å². The Bertz CT molecular complexity index is 469. The zero-order chi connectivity index (χ0) is 20.3. The van der Waals surface area contributed by atoms with Crippen LogP contribution >= 0.6 is 0 Å². The largest absolute Gasteiger partial charge is 0.522 e. The van der Waals surface area contributed by atoms with Crippen molar-refractivity contribution in [2.45, 2.75) is 109 Å². The maximum atomic E-state index is 14.2. The molecule has 0 aromatic rings. The van der Waals surface area contributed by atoms with Gasteiger partial charge in [0.05, 0.1) is 0 Å². The van der Waals surface area contributed by atoms with E-state index < -0.39 is 24.8 Å². The van der Waals surface area contributed by atoms with Crippen LogP contribution in [0, 0.1) is 29.6 Å². The van der Waals surface area contributed by atoms with Crippen molar-refractivity contribution in [2.24, 2.45) is 29.6 Å². The molecule has 0 amide bonds. The second-order valence-electron chi connectivity index (χ2n) is 9.78. The number of halogens is 5. The lowest BCUT2D eigenvalue weighted by atomic mass is 9.68. The van der Waals surface area contributed by atoms with Crippen LogP contribution in [-0.4, -0.2) is 30.3 Å². The van der Waals surface area contributed by atoms with Gasteiger partial charge in [0.25, 0.3) is 0 Å². The van der Waals surface area contributed by atoms with Crippen molar-refractivity contribution >= 4 is 0 Å². The summed E-state index contributed by atoms with van der Waals surface area (Å²) >= 11 is 0. The topological polar surface area (TPSA) is 40.7 Å². The highest BCUT2D eigenvalue weighted by Gasteiger charge is 2.47. The fourth-order valence-electron chi connectivity index (χ4n) is 5.89. The Morgan fingerprint density at radius 1 is 0.759 bits per heavy atom. The van der Waals surface area contributed by atoms with E-state index in [1.165, 1.54) is 38.5 Å². The summed E-state index contributed by atoms with van der Waals surface area (Å²) in [6.07, 6.45) is 1.37. The molecule has 2 nitrogen and oxygen atoms in total. The minimum Gasteiger partial charge on any atom is -0.412 e. The molecular formula is C22H41F5O2. The molecule has 2 atom stereocenters. The van der Waals surface area contributed by atoms with Crippen LogP contribution in [0.2, 0.25) is 0 Å². The molecule has 0 saturated heterocycles. The van der Waals surface area contributed by atoms with Gasteiger partial charge in [-0.05, 0) is 55.3 Å². The quantitative estimate of drug-likeness (QED) is 0.429. The summed E-state index contributed by atoms with van der Waals surface area (Å²) in [7, 11) is 0. The van der Waals surface area contributed by atoms with Gasteiger partial charge in [-0.1, -0.05) is 58.3 Å². The average Bonchev–Trinajstić information content (AvgIpc) is 2.64. The molecule has 29 heavy (non-hydrogen) atoms. The highest BCUT2D eigenvalue weighted by atomic mass is 19.4. The molecule has 0 aliphatic heterocycles. The van der Waals surface area contributed by atoms with Crippen LogP contribution in [0.4, 0.5) is 22.0 Å². The van der Waals surface area contributed by atoms with Crippen LogP contribution in [-0.2, 0) is 4.74 Å². The van der Waals surface area contributed by atoms with Crippen LogP contribution in [0.1, 0.15) is 86.8 Å². The van der Waals surface area contributed by atoms with Gasteiger partial charge in [-0.3, -0.25) is 4.74 Å². The summed E-state index contributed by atoms with van der Waals surface area (Å²) in [4.78, 5) is 0. The number of alkyl halides is 5. The molecule has 0 heterocycles. The third kappa shape index (κ3) is 7.34. The zero-order valence-corrected chi connectivity index (χ0v) is 17.4. The van der Waals surface area contributed by atoms with Gasteiger partial charge in [0, 0.05) is 2.85 Å². The van der Waals surface area contributed by atoms with E-state index in [1.54, 1.807) is 0 Å². The van der Waals surface area contributed by atoms with Crippen molar-refractivity contribution in [3.8, 4) is 0 Å². The van der Waals surface area contributed by atoms with E-state index in [4.69, 9.17) is 0 Å². The van der Waals surface area contributed by atoms with Crippen molar-refractivity contribution < 1.29 is 35.0 Å². The lowest BCUT2D eigenvalue weighted by Crippen LogP contribution is -2.46.